The average Bonchev–Trinajstić information content (AvgIpc) is 2.49. The Kier molecular flexibility index (Phi) is 3.04. The molecule has 1 aromatic rings. The zero-order chi connectivity index (χ0) is 9.97. The molecule has 0 radical (unpaired) electrons. The summed E-state index contributed by atoms with van der Waals surface area (Å²) in [7, 11) is 0. The van der Waals surface area contributed by atoms with Crippen LogP contribution in [0.25, 0.3) is 0 Å². The van der Waals surface area contributed by atoms with E-state index in [9.17, 15) is 0 Å². The molecule has 0 aliphatic heterocycles. The van der Waals surface area contributed by atoms with Crippen molar-refractivity contribution in [3.63, 3.8) is 0 Å². The first-order chi connectivity index (χ1) is 6.81. The van der Waals surface area contributed by atoms with Crippen molar-refractivity contribution in [1.82, 2.24) is 0 Å². The van der Waals surface area contributed by atoms with Crippen LogP contribution in [0.3, 0.4) is 0 Å². The van der Waals surface area contributed by atoms with E-state index in [4.69, 9.17) is 5.73 Å². The SMILES string of the molecule is C=CC(N)c1cc2c(s1)CCCCC2. The van der Waals surface area contributed by atoms with Gasteiger partial charge in [-0.15, -0.1) is 17.9 Å². The molecule has 0 fully saturated rings. The minimum absolute atomic E-state index is 0.0342. The van der Waals surface area contributed by atoms with E-state index in [0.29, 0.717) is 0 Å². The molecule has 1 aliphatic carbocycles. The first kappa shape index (κ1) is 9.94. The van der Waals surface area contributed by atoms with Gasteiger partial charge in [0.2, 0.25) is 0 Å². The summed E-state index contributed by atoms with van der Waals surface area (Å²) in [5.74, 6) is 0. The summed E-state index contributed by atoms with van der Waals surface area (Å²) >= 11 is 1.89. The molecule has 1 unspecified atom stereocenters. The van der Waals surface area contributed by atoms with E-state index in [1.165, 1.54) is 37.0 Å². The predicted molar refractivity (Wildman–Crippen MR) is 62.7 cm³/mol. The summed E-state index contributed by atoms with van der Waals surface area (Å²) in [6.07, 6.45) is 8.39. The minimum atomic E-state index is 0.0342. The van der Waals surface area contributed by atoms with Crippen molar-refractivity contribution >= 4 is 11.3 Å². The highest BCUT2D eigenvalue weighted by atomic mass is 32.1. The zero-order valence-corrected chi connectivity index (χ0v) is 9.28. The van der Waals surface area contributed by atoms with Crippen molar-refractivity contribution in [2.24, 2.45) is 5.73 Å². The van der Waals surface area contributed by atoms with Crippen LogP contribution in [0.5, 0.6) is 0 Å². The average molecular weight is 207 g/mol. The molecule has 2 rings (SSSR count). The van der Waals surface area contributed by atoms with Gasteiger partial charge in [-0.05, 0) is 37.3 Å². The maximum atomic E-state index is 5.94. The molecule has 0 saturated heterocycles. The highest BCUT2D eigenvalue weighted by Crippen LogP contribution is 2.31. The van der Waals surface area contributed by atoms with E-state index < -0.39 is 0 Å². The van der Waals surface area contributed by atoms with Crippen LogP contribution in [0.4, 0.5) is 0 Å². The van der Waals surface area contributed by atoms with Crippen molar-refractivity contribution in [2.45, 2.75) is 38.1 Å². The summed E-state index contributed by atoms with van der Waals surface area (Å²) in [4.78, 5) is 2.85. The van der Waals surface area contributed by atoms with Crippen LogP contribution < -0.4 is 5.73 Å². The van der Waals surface area contributed by atoms with E-state index in [0.717, 1.165) is 0 Å². The second-order valence-electron chi connectivity index (χ2n) is 3.92. The Labute approximate surface area is 89.6 Å². The zero-order valence-electron chi connectivity index (χ0n) is 8.46. The van der Waals surface area contributed by atoms with Crippen molar-refractivity contribution in [1.29, 1.82) is 0 Å². The molecule has 1 heterocycles. The van der Waals surface area contributed by atoms with Gasteiger partial charge in [0, 0.05) is 9.75 Å². The summed E-state index contributed by atoms with van der Waals surface area (Å²) in [6, 6.07) is 2.32. The highest BCUT2D eigenvalue weighted by Gasteiger charge is 2.14. The predicted octanol–water partition coefficient (Wildman–Crippen LogP) is 3.20. The Morgan fingerprint density at radius 2 is 2.14 bits per heavy atom. The molecule has 1 nitrogen and oxygen atoms in total. The van der Waals surface area contributed by atoms with Crippen LogP contribution in [0.1, 0.15) is 40.6 Å². The second-order valence-corrected chi connectivity index (χ2v) is 5.09. The van der Waals surface area contributed by atoms with Crippen LogP contribution in [0, 0.1) is 0 Å². The molecule has 2 N–H and O–H groups in total. The lowest BCUT2D eigenvalue weighted by molar-refractivity contribution is 0.712. The van der Waals surface area contributed by atoms with Crippen molar-refractivity contribution in [3.8, 4) is 0 Å². The van der Waals surface area contributed by atoms with Gasteiger partial charge >= 0.3 is 0 Å². The number of rotatable bonds is 2. The Morgan fingerprint density at radius 1 is 1.36 bits per heavy atom. The molecule has 1 atom stereocenters. The summed E-state index contributed by atoms with van der Waals surface area (Å²) in [5, 5.41) is 0. The monoisotopic (exact) mass is 207 g/mol. The molecule has 76 valence electrons. The van der Waals surface area contributed by atoms with Gasteiger partial charge in [0.05, 0.1) is 6.04 Å². The van der Waals surface area contributed by atoms with Crippen molar-refractivity contribution in [3.05, 3.63) is 34.0 Å². The van der Waals surface area contributed by atoms with Gasteiger partial charge < -0.3 is 5.73 Å². The third-order valence-corrected chi connectivity index (χ3v) is 4.19. The summed E-state index contributed by atoms with van der Waals surface area (Å²) < 4.78 is 0. The maximum absolute atomic E-state index is 5.94. The molecular weight excluding hydrogens is 190 g/mol. The second kappa shape index (κ2) is 4.28. The topological polar surface area (TPSA) is 26.0 Å². The van der Waals surface area contributed by atoms with E-state index >= 15 is 0 Å². The lowest BCUT2D eigenvalue weighted by Crippen LogP contribution is -2.03. The van der Waals surface area contributed by atoms with Gasteiger partial charge in [0.15, 0.2) is 0 Å². The molecule has 0 spiro atoms. The quantitative estimate of drug-likeness (QED) is 0.585. The molecule has 1 aromatic heterocycles. The third kappa shape index (κ3) is 1.91. The molecule has 0 bridgehead atoms. The van der Waals surface area contributed by atoms with Crippen LogP contribution in [-0.4, -0.2) is 0 Å². The van der Waals surface area contributed by atoms with E-state index in [1.54, 1.807) is 10.4 Å². The maximum Gasteiger partial charge on any atom is 0.0573 e. The Balaban J connectivity index is 2.26. The molecule has 1 aliphatic rings. The summed E-state index contributed by atoms with van der Waals surface area (Å²) in [6.45, 7) is 3.74. The van der Waals surface area contributed by atoms with Crippen molar-refractivity contribution in [2.75, 3.05) is 0 Å². The van der Waals surface area contributed by atoms with Crippen LogP contribution in [0.2, 0.25) is 0 Å². The molecular formula is C12H17NS. The fraction of sp³-hybridized carbons (Fsp3) is 0.500. The first-order valence-corrected chi connectivity index (χ1v) is 6.12. The molecule has 14 heavy (non-hydrogen) atoms. The number of hydrogen-bond donors (Lipinski definition) is 1. The minimum Gasteiger partial charge on any atom is -0.320 e. The highest BCUT2D eigenvalue weighted by molar-refractivity contribution is 7.12. The van der Waals surface area contributed by atoms with Crippen molar-refractivity contribution < 1.29 is 0 Å². The summed E-state index contributed by atoms with van der Waals surface area (Å²) in [5.41, 5.74) is 7.48. The van der Waals surface area contributed by atoms with Gasteiger partial charge in [0.25, 0.3) is 0 Å². The van der Waals surface area contributed by atoms with E-state index in [-0.39, 0.29) is 6.04 Å². The lowest BCUT2D eigenvalue weighted by Gasteiger charge is -2.00. The number of hydrogen-bond acceptors (Lipinski definition) is 2. The normalized spacial score (nSPS) is 18.4. The van der Waals surface area contributed by atoms with E-state index in [1.807, 2.05) is 17.4 Å². The third-order valence-electron chi connectivity index (χ3n) is 2.85. The number of aryl methyl sites for hydroxylation is 2. The molecule has 0 amide bonds. The lowest BCUT2D eigenvalue weighted by atomic mass is 10.1. The first-order valence-electron chi connectivity index (χ1n) is 5.31. The van der Waals surface area contributed by atoms with Crippen LogP contribution >= 0.6 is 11.3 Å². The van der Waals surface area contributed by atoms with Gasteiger partial charge in [-0.3, -0.25) is 0 Å². The number of nitrogens with two attached hydrogens (primary N) is 1. The standard InChI is InChI=1S/C12H17NS/c1-2-10(13)12-8-9-6-4-3-5-7-11(9)14-12/h2,8,10H,1,3-7,13H2. The smallest absolute Gasteiger partial charge is 0.0573 e. The van der Waals surface area contributed by atoms with Crippen LogP contribution in [-0.2, 0) is 12.8 Å². The van der Waals surface area contributed by atoms with Gasteiger partial charge in [0.1, 0.15) is 0 Å². The Hall–Kier alpha value is -0.600. The Morgan fingerprint density at radius 3 is 2.93 bits per heavy atom. The van der Waals surface area contributed by atoms with E-state index in [2.05, 4.69) is 12.6 Å². The Bertz CT molecular complexity index is 304. The fourth-order valence-electron chi connectivity index (χ4n) is 1.97. The largest absolute Gasteiger partial charge is 0.320 e. The molecule has 0 aromatic carbocycles. The van der Waals surface area contributed by atoms with Crippen LogP contribution in [0.15, 0.2) is 18.7 Å². The van der Waals surface area contributed by atoms with Gasteiger partial charge in [-0.1, -0.05) is 12.5 Å². The molecule has 0 saturated carbocycles. The number of thiophene rings is 1. The van der Waals surface area contributed by atoms with Gasteiger partial charge in [-0.2, -0.15) is 0 Å². The number of fused-ring (bicyclic) bond motifs is 1. The molecule has 2 heteroatoms. The fourth-order valence-corrected chi connectivity index (χ4v) is 3.23. The van der Waals surface area contributed by atoms with Gasteiger partial charge in [-0.25, -0.2) is 0 Å².